The molecule has 2 aliphatic carbocycles. The van der Waals surface area contributed by atoms with Crippen molar-refractivity contribution in [1.82, 2.24) is 5.32 Å². The summed E-state index contributed by atoms with van der Waals surface area (Å²) < 4.78 is 0. The Morgan fingerprint density at radius 3 is 2.75 bits per heavy atom. The van der Waals surface area contributed by atoms with E-state index in [1.807, 2.05) is 0 Å². The number of thioether (sulfide) groups is 1. The van der Waals surface area contributed by atoms with E-state index in [9.17, 15) is 0 Å². The molecule has 0 aliphatic heterocycles. The zero-order valence-corrected chi connectivity index (χ0v) is 11.5. The molecule has 0 bridgehead atoms. The van der Waals surface area contributed by atoms with Gasteiger partial charge in [-0.2, -0.15) is 11.8 Å². The molecular weight excluding hydrogens is 214 g/mol. The second-order valence-electron chi connectivity index (χ2n) is 5.41. The van der Waals surface area contributed by atoms with Crippen LogP contribution in [0.1, 0.15) is 51.9 Å². The Bertz CT molecular complexity index is 189. The summed E-state index contributed by atoms with van der Waals surface area (Å²) in [5.74, 6) is 4.74. The summed E-state index contributed by atoms with van der Waals surface area (Å²) in [6.07, 6.45) is 10.4. The zero-order valence-electron chi connectivity index (χ0n) is 10.7. The van der Waals surface area contributed by atoms with Gasteiger partial charge in [0.2, 0.25) is 0 Å². The summed E-state index contributed by atoms with van der Waals surface area (Å²) in [4.78, 5) is 0. The van der Waals surface area contributed by atoms with Crippen molar-refractivity contribution in [3.8, 4) is 0 Å². The van der Waals surface area contributed by atoms with Gasteiger partial charge in [-0.3, -0.25) is 0 Å². The molecule has 0 aromatic rings. The third-order valence-electron chi connectivity index (χ3n) is 4.17. The van der Waals surface area contributed by atoms with Crippen LogP contribution in [-0.4, -0.2) is 24.1 Å². The third-order valence-corrected chi connectivity index (χ3v) is 5.16. The summed E-state index contributed by atoms with van der Waals surface area (Å²) in [5, 5.41) is 3.75. The Balaban J connectivity index is 1.50. The lowest BCUT2D eigenvalue weighted by Crippen LogP contribution is -2.23. The minimum Gasteiger partial charge on any atom is -0.314 e. The van der Waals surface area contributed by atoms with Gasteiger partial charge in [0.25, 0.3) is 0 Å². The average Bonchev–Trinajstić information content (AvgIpc) is 3.10. The highest BCUT2D eigenvalue weighted by Crippen LogP contribution is 2.44. The molecule has 2 unspecified atom stereocenters. The van der Waals surface area contributed by atoms with Crippen LogP contribution in [0.2, 0.25) is 0 Å². The van der Waals surface area contributed by atoms with Crippen molar-refractivity contribution in [1.29, 1.82) is 0 Å². The van der Waals surface area contributed by atoms with Crippen molar-refractivity contribution >= 4 is 11.8 Å². The van der Waals surface area contributed by atoms with E-state index in [2.05, 4.69) is 24.0 Å². The zero-order chi connectivity index (χ0) is 11.2. The normalized spacial score (nSPS) is 30.6. The van der Waals surface area contributed by atoms with Crippen molar-refractivity contribution in [3.05, 3.63) is 0 Å². The molecule has 0 aromatic carbocycles. The molecule has 0 radical (unpaired) electrons. The minimum atomic E-state index is 0.898. The van der Waals surface area contributed by atoms with E-state index in [1.54, 1.807) is 0 Å². The Kier molecular flexibility index (Phi) is 5.51. The molecule has 0 aromatic heterocycles. The first-order chi connectivity index (χ1) is 7.92. The van der Waals surface area contributed by atoms with Crippen LogP contribution in [0.25, 0.3) is 0 Å². The van der Waals surface area contributed by atoms with E-state index in [4.69, 9.17) is 0 Å². The van der Waals surface area contributed by atoms with Gasteiger partial charge < -0.3 is 5.32 Å². The first kappa shape index (κ1) is 12.8. The quantitative estimate of drug-likeness (QED) is 0.682. The van der Waals surface area contributed by atoms with Gasteiger partial charge in [-0.25, -0.2) is 0 Å². The fraction of sp³-hybridized carbons (Fsp3) is 1.00. The predicted octanol–water partition coefficient (Wildman–Crippen LogP) is 3.69. The SMILES string of the molecule is CCSCCCNC1CC1C1CCCCC1. The third kappa shape index (κ3) is 3.96. The van der Waals surface area contributed by atoms with Crippen LogP contribution in [-0.2, 0) is 0 Å². The van der Waals surface area contributed by atoms with Crippen molar-refractivity contribution < 1.29 is 0 Å². The lowest BCUT2D eigenvalue weighted by atomic mass is 9.85. The molecule has 2 aliphatic rings. The predicted molar refractivity (Wildman–Crippen MR) is 74.1 cm³/mol. The first-order valence-corrected chi connectivity index (χ1v) is 8.38. The second-order valence-corrected chi connectivity index (χ2v) is 6.80. The van der Waals surface area contributed by atoms with Crippen LogP contribution in [0.3, 0.4) is 0 Å². The maximum absolute atomic E-state index is 3.75. The molecule has 2 heteroatoms. The summed E-state index contributed by atoms with van der Waals surface area (Å²) in [6.45, 7) is 3.50. The van der Waals surface area contributed by atoms with Crippen LogP contribution >= 0.6 is 11.8 Å². The highest BCUT2D eigenvalue weighted by Gasteiger charge is 2.42. The van der Waals surface area contributed by atoms with Gasteiger partial charge in [0.1, 0.15) is 0 Å². The summed E-state index contributed by atoms with van der Waals surface area (Å²) in [6, 6.07) is 0.898. The molecule has 2 saturated carbocycles. The molecule has 0 spiro atoms. The van der Waals surface area contributed by atoms with Gasteiger partial charge in [0.05, 0.1) is 0 Å². The van der Waals surface area contributed by atoms with Gasteiger partial charge in [-0.05, 0) is 42.7 Å². The van der Waals surface area contributed by atoms with Gasteiger partial charge in [0, 0.05) is 6.04 Å². The summed E-state index contributed by atoms with van der Waals surface area (Å²) >= 11 is 2.07. The topological polar surface area (TPSA) is 12.0 Å². The van der Waals surface area contributed by atoms with Gasteiger partial charge >= 0.3 is 0 Å². The molecular formula is C14H27NS. The highest BCUT2D eigenvalue weighted by atomic mass is 32.2. The van der Waals surface area contributed by atoms with Crippen LogP contribution in [0, 0.1) is 11.8 Å². The molecule has 0 heterocycles. The number of hydrogen-bond donors (Lipinski definition) is 1. The number of hydrogen-bond acceptors (Lipinski definition) is 2. The standard InChI is InChI=1S/C14H27NS/c1-2-16-10-6-9-15-14-11-13(14)12-7-4-3-5-8-12/h12-15H,2-11H2,1H3. The van der Waals surface area contributed by atoms with Crippen molar-refractivity contribution in [3.63, 3.8) is 0 Å². The number of rotatable bonds is 7. The maximum Gasteiger partial charge on any atom is 0.0102 e. The van der Waals surface area contributed by atoms with Gasteiger partial charge in [0.15, 0.2) is 0 Å². The van der Waals surface area contributed by atoms with Crippen molar-refractivity contribution in [2.24, 2.45) is 11.8 Å². The van der Waals surface area contributed by atoms with Gasteiger partial charge in [-0.1, -0.05) is 39.0 Å². The molecule has 0 amide bonds. The maximum atomic E-state index is 3.75. The Morgan fingerprint density at radius 1 is 1.19 bits per heavy atom. The molecule has 2 atom stereocenters. The molecule has 1 nitrogen and oxygen atoms in total. The van der Waals surface area contributed by atoms with Crippen LogP contribution in [0.5, 0.6) is 0 Å². The molecule has 16 heavy (non-hydrogen) atoms. The van der Waals surface area contributed by atoms with E-state index < -0.39 is 0 Å². The van der Waals surface area contributed by atoms with Crippen LogP contribution in [0.15, 0.2) is 0 Å². The largest absolute Gasteiger partial charge is 0.314 e. The first-order valence-electron chi connectivity index (χ1n) is 7.23. The Hall–Kier alpha value is 0.310. The summed E-state index contributed by atoms with van der Waals surface area (Å²) in [7, 11) is 0. The van der Waals surface area contributed by atoms with Crippen LogP contribution in [0.4, 0.5) is 0 Å². The summed E-state index contributed by atoms with van der Waals surface area (Å²) in [5.41, 5.74) is 0. The Labute approximate surface area is 105 Å². The van der Waals surface area contributed by atoms with E-state index in [0.717, 1.165) is 17.9 Å². The van der Waals surface area contributed by atoms with E-state index in [0.29, 0.717) is 0 Å². The fourth-order valence-corrected chi connectivity index (χ4v) is 3.78. The second kappa shape index (κ2) is 6.90. The Morgan fingerprint density at radius 2 is 2.00 bits per heavy atom. The fourth-order valence-electron chi connectivity index (χ4n) is 3.14. The van der Waals surface area contributed by atoms with E-state index in [1.165, 1.54) is 63.0 Å². The highest BCUT2D eigenvalue weighted by molar-refractivity contribution is 7.99. The van der Waals surface area contributed by atoms with E-state index in [-0.39, 0.29) is 0 Å². The lowest BCUT2D eigenvalue weighted by molar-refractivity contribution is 0.312. The van der Waals surface area contributed by atoms with Crippen molar-refractivity contribution in [2.75, 3.05) is 18.1 Å². The smallest absolute Gasteiger partial charge is 0.0102 e. The molecule has 94 valence electrons. The molecule has 1 N–H and O–H groups in total. The lowest BCUT2D eigenvalue weighted by Gasteiger charge is -2.21. The molecule has 2 rings (SSSR count). The minimum absolute atomic E-state index is 0.898. The monoisotopic (exact) mass is 241 g/mol. The van der Waals surface area contributed by atoms with Crippen LogP contribution < -0.4 is 5.32 Å². The average molecular weight is 241 g/mol. The molecule has 0 saturated heterocycles. The number of nitrogens with one attached hydrogen (secondary N) is 1. The van der Waals surface area contributed by atoms with Gasteiger partial charge in [-0.15, -0.1) is 0 Å². The van der Waals surface area contributed by atoms with E-state index >= 15 is 0 Å². The molecule has 2 fully saturated rings. The van der Waals surface area contributed by atoms with Crippen molar-refractivity contribution in [2.45, 2.75) is 57.9 Å².